The third-order valence-corrected chi connectivity index (χ3v) is 4.25. The molecule has 4 aromatic rings. The minimum Gasteiger partial charge on any atom is -0.288 e. The van der Waals surface area contributed by atoms with Gasteiger partial charge in [-0.3, -0.25) is 14.0 Å². The van der Waals surface area contributed by atoms with Crippen molar-refractivity contribution in [2.75, 3.05) is 0 Å². The second-order valence-electron chi connectivity index (χ2n) is 5.60. The Morgan fingerprint density at radius 2 is 1.68 bits per heavy atom. The van der Waals surface area contributed by atoms with E-state index in [1.807, 2.05) is 49.4 Å². The number of nitrogens with zero attached hydrogens (tertiary/aromatic N) is 1. The van der Waals surface area contributed by atoms with E-state index in [0.717, 1.165) is 34.6 Å². The number of hydrogen-bond donors (Lipinski definition) is 0. The van der Waals surface area contributed by atoms with Crippen LogP contribution in [0.4, 0.5) is 0 Å². The predicted octanol–water partition coefficient (Wildman–Crippen LogP) is 2.70. The highest BCUT2D eigenvalue weighted by Gasteiger charge is 2.15. The lowest BCUT2D eigenvalue weighted by Crippen LogP contribution is -2.42. The molecule has 0 unspecified atom stereocenters. The molecule has 0 spiro atoms. The Morgan fingerprint density at radius 3 is 2.50 bits per heavy atom. The van der Waals surface area contributed by atoms with Crippen LogP contribution in [0.1, 0.15) is 19.8 Å². The second-order valence-corrected chi connectivity index (χ2v) is 5.60. The first-order chi connectivity index (χ1) is 10.7. The quantitative estimate of drug-likeness (QED) is 0.569. The summed E-state index contributed by atoms with van der Waals surface area (Å²) in [6.45, 7) is 2.03. The SMILES string of the molecule is CCC/C=c1\c(=O)c2cccc3c4ccccc4n(c1=O)c23. The van der Waals surface area contributed by atoms with Crippen LogP contribution in [0.15, 0.2) is 52.1 Å². The fourth-order valence-corrected chi connectivity index (χ4v) is 3.24. The third kappa shape index (κ3) is 1.56. The van der Waals surface area contributed by atoms with Crippen LogP contribution >= 0.6 is 0 Å². The van der Waals surface area contributed by atoms with Crippen LogP contribution in [0.5, 0.6) is 0 Å². The van der Waals surface area contributed by atoms with Crippen molar-refractivity contribution in [1.82, 2.24) is 4.40 Å². The van der Waals surface area contributed by atoms with E-state index in [0.29, 0.717) is 10.6 Å². The monoisotopic (exact) mass is 289 g/mol. The fourth-order valence-electron chi connectivity index (χ4n) is 3.24. The average molecular weight is 289 g/mol. The molecule has 0 aliphatic rings. The molecule has 0 aliphatic carbocycles. The maximum atomic E-state index is 12.9. The smallest absolute Gasteiger partial charge is 0.266 e. The highest BCUT2D eigenvalue weighted by atomic mass is 16.1. The summed E-state index contributed by atoms with van der Waals surface area (Å²) in [6, 6.07) is 13.5. The van der Waals surface area contributed by atoms with Crippen LogP contribution < -0.4 is 16.2 Å². The van der Waals surface area contributed by atoms with Crippen LogP contribution in [-0.4, -0.2) is 4.40 Å². The van der Waals surface area contributed by atoms with E-state index in [-0.39, 0.29) is 11.0 Å². The number of rotatable bonds is 2. The number of pyridine rings is 1. The minimum atomic E-state index is -0.205. The number of hydrogen-bond acceptors (Lipinski definition) is 2. The van der Waals surface area contributed by atoms with Gasteiger partial charge >= 0.3 is 0 Å². The molecular formula is C19H15NO2. The molecule has 0 saturated heterocycles. The Hall–Kier alpha value is -2.68. The summed E-state index contributed by atoms with van der Waals surface area (Å²) in [5.74, 6) is 0. The van der Waals surface area contributed by atoms with Gasteiger partial charge in [0.25, 0.3) is 5.56 Å². The maximum absolute atomic E-state index is 12.9. The van der Waals surface area contributed by atoms with E-state index in [1.54, 1.807) is 10.5 Å². The summed E-state index contributed by atoms with van der Waals surface area (Å²) in [5, 5.41) is 2.89. The zero-order chi connectivity index (χ0) is 15.3. The molecule has 0 atom stereocenters. The molecule has 0 saturated carbocycles. The van der Waals surface area contributed by atoms with Crippen molar-refractivity contribution in [3.63, 3.8) is 0 Å². The first-order valence-corrected chi connectivity index (χ1v) is 7.55. The van der Waals surface area contributed by atoms with E-state index < -0.39 is 0 Å². The Morgan fingerprint density at radius 1 is 0.955 bits per heavy atom. The minimum absolute atomic E-state index is 0.153. The number of benzene rings is 2. The molecule has 0 amide bonds. The lowest BCUT2D eigenvalue weighted by Gasteiger charge is -2.00. The predicted molar refractivity (Wildman–Crippen MR) is 90.7 cm³/mol. The molecule has 2 heterocycles. The van der Waals surface area contributed by atoms with E-state index in [9.17, 15) is 9.59 Å². The summed E-state index contributed by atoms with van der Waals surface area (Å²) in [5.41, 5.74) is 1.25. The van der Waals surface area contributed by atoms with Gasteiger partial charge in [-0.25, -0.2) is 0 Å². The van der Waals surface area contributed by atoms with E-state index in [1.165, 1.54) is 0 Å². The van der Waals surface area contributed by atoms with E-state index in [4.69, 9.17) is 0 Å². The van der Waals surface area contributed by atoms with Gasteiger partial charge in [0.2, 0.25) is 0 Å². The molecule has 0 fully saturated rings. The van der Waals surface area contributed by atoms with Crippen LogP contribution in [0.3, 0.4) is 0 Å². The standard InChI is InChI=1S/C19H15NO2/c1-2-3-7-15-18(21)14-10-6-9-13-12-8-4-5-11-16(12)20(17(13)14)19(15)22/h4-11H,2-3H2,1H3/b15-7+. The molecule has 3 heteroatoms. The summed E-state index contributed by atoms with van der Waals surface area (Å²) < 4.78 is 1.70. The number of unbranched alkanes of at least 4 members (excludes halogenated alkanes) is 1. The van der Waals surface area contributed by atoms with Crippen LogP contribution in [0.2, 0.25) is 0 Å². The molecule has 2 aromatic heterocycles. The Kier molecular flexibility index (Phi) is 2.76. The number of fused-ring (bicyclic) bond motifs is 3. The van der Waals surface area contributed by atoms with Gasteiger partial charge < -0.3 is 0 Å². The Balaban J connectivity index is 2.41. The highest BCUT2D eigenvalue weighted by Crippen LogP contribution is 2.28. The van der Waals surface area contributed by atoms with Crippen molar-refractivity contribution in [2.24, 2.45) is 0 Å². The first kappa shape index (κ1) is 13.0. The van der Waals surface area contributed by atoms with Gasteiger partial charge in [0, 0.05) is 16.2 Å². The molecule has 0 bridgehead atoms. The van der Waals surface area contributed by atoms with Crippen LogP contribution in [0.25, 0.3) is 33.3 Å². The van der Waals surface area contributed by atoms with Gasteiger partial charge in [-0.15, -0.1) is 0 Å². The summed E-state index contributed by atoms with van der Waals surface area (Å²) in [4.78, 5) is 25.6. The molecule has 4 rings (SSSR count). The van der Waals surface area contributed by atoms with Gasteiger partial charge in [-0.2, -0.15) is 0 Å². The van der Waals surface area contributed by atoms with Crippen molar-refractivity contribution in [3.05, 3.63) is 68.3 Å². The van der Waals surface area contributed by atoms with Gasteiger partial charge in [-0.1, -0.05) is 49.8 Å². The molecule has 2 aromatic carbocycles. The topological polar surface area (TPSA) is 38.5 Å². The summed E-state index contributed by atoms with van der Waals surface area (Å²) >= 11 is 0. The van der Waals surface area contributed by atoms with Crippen molar-refractivity contribution in [2.45, 2.75) is 19.8 Å². The van der Waals surface area contributed by atoms with Crippen LogP contribution in [-0.2, 0) is 0 Å². The largest absolute Gasteiger partial charge is 0.288 e. The maximum Gasteiger partial charge on any atom is 0.266 e. The normalized spacial score (nSPS) is 12.9. The first-order valence-electron chi connectivity index (χ1n) is 7.55. The molecule has 22 heavy (non-hydrogen) atoms. The van der Waals surface area contributed by atoms with Gasteiger partial charge in [0.05, 0.1) is 16.3 Å². The lowest BCUT2D eigenvalue weighted by atomic mass is 10.1. The van der Waals surface area contributed by atoms with Gasteiger partial charge in [0.15, 0.2) is 5.43 Å². The molecule has 0 N–H and O–H groups in total. The number of aromatic nitrogens is 1. The molecule has 0 aliphatic heterocycles. The lowest BCUT2D eigenvalue weighted by molar-refractivity contribution is 0.987. The van der Waals surface area contributed by atoms with Crippen molar-refractivity contribution in [3.8, 4) is 0 Å². The zero-order valence-corrected chi connectivity index (χ0v) is 12.3. The van der Waals surface area contributed by atoms with Gasteiger partial charge in [0.1, 0.15) is 0 Å². The molecular weight excluding hydrogens is 274 g/mol. The third-order valence-electron chi connectivity index (χ3n) is 4.25. The highest BCUT2D eigenvalue weighted by molar-refractivity contribution is 6.13. The van der Waals surface area contributed by atoms with Crippen molar-refractivity contribution >= 4 is 33.3 Å². The van der Waals surface area contributed by atoms with Gasteiger partial charge in [-0.05, 0) is 18.6 Å². The average Bonchev–Trinajstić information content (AvgIpc) is 2.88. The van der Waals surface area contributed by atoms with Crippen molar-refractivity contribution < 1.29 is 0 Å². The number of para-hydroxylation sites is 2. The van der Waals surface area contributed by atoms with Crippen LogP contribution in [0, 0.1) is 0 Å². The summed E-state index contributed by atoms with van der Waals surface area (Å²) in [7, 11) is 0. The van der Waals surface area contributed by atoms with E-state index >= 15 is 0 Å². The zero-order valence-electron chi connectivity index (χ0n) is 12.3. The summed E-state index contributed by atoms with van der Waals surface area (Å²) in [6.07, 6.45) is 3.42. The van der Waals surface area contributed by atoms with E-state index in [2.05, 4.69) is 0 Å². The Bertz CT molecular complexity index is 1170. The Labute approximate surface area is 126 Å². The fraction of sp³-hybridized carbons (Fsp3) is 0.158. The second kappa shape index (κ2) is 4.67. The molecule has 108 valence electrons. The molecule has 0 radical (unpaired) electrons. The molecule has 3 nitrogen and oxygen atoms in total. The van der Waals surface area contributed by atoms with Crippen molar-refractivity contribution in [1.29, 1.82) is 0 Å².